The molecule has 0 unspecified atom stereocenters. The van der Waals surface area contributed by atoms with E-state index in [2.05, 4.69) is 15.9 Å². The Morgan fingerprint density at radius 1 is 1.16 bits per heavy atom. The predicted molar refractivity (Wildman–Crippen MR) is 76.3 cm³/mol. The smallest absolute Gasteiger partial charge is 0.345 e. The van der Waals surface area contributed by atoms with Gasteiger partial charge in [0.2, 0.25) is 0 Å². The summed E-state index contributed by atoms with van der Waals surface area (Å²) in [4.78, 5) is 11.3. The van der Waals surface area contributed by atoms with Crippen LogP contribution >= 0.6 is 15.9 Å². The lowest BCUT2D eigenvalue weighted by Gasteiger charge is -2.15. The van der Waals surface area contributed by atoms with E-state index in [1.807, 2.05) is 42.5 Å². The molecular weight excluding hydrogens is 308 g/mol. The Morgan fingerprint density at radius 3 is 2.53 bits per heavy atom. The van der Waals surface area contributed by atoms with E-state index < -0.39 is 12.1 Å². The topological polar surface area (TPSA) is 46.5 Å². The molecule has 0 saturated carbocycles. The fourth-order valence-electron chi connectivity index (χ4n) is 1.72. The van der Waals surface area contributed by atoms with Crippen LogP contribution in [0.2, 0.25) is 0 Å². The molecule has 0 amide bonds. The minimum atomic E-state index is -0.969. The molecule has 19 heavy (non-hydrogen) atoms. The van der Waals surface area contributed by atoms with Crippen LogP contribution in [-0.4, -0.2) is 17.2 Å². The van der Waals surface area contributed by atoms with Gasteiger partial charge in [0, 0.05) is 10.9 Å². The molecule has 4 heteroatoms. The number of carboxylic acid groups (broad SMARTS) is 1. The Bertz CT molecular complexity index is 554. The van der Waals surface area contributed by atoms with Crippen LogP contribution in [0.4, 0.5) is 0 Å². The highest BCUT2D eigenvalue weighted by molar-refractivity contribution is 9.10. The van der Waals surface area contributed by atoms with Gasteiger partial charge in [-0.3, -0.25) is 0 Å². The predicted octanol–water partition coefficient (Wildman–Crippen LogP) is 3.52. The number of hydrogen-bond acceptors (Lipinski definition) is 2. The van der Waals surface area contributed by atoms with Crippen LogP contribution in [0.25, 0.3) is 0 Å². The molecule has 0 aliphatic carbocycles. The summed E-state index contributed by atoms with van der Waals surface area (Å²) in [5.74, 6) is -0.409. The Morgan fingerprint density at radius 2 is 1.89 bits per heavy atom. The van der Waals surface area contributed by atoms with Crippen molar-refractivity contribution in [3.63, 3.8) is 0 Å². The number of ether oxygens (including phenoxy) is 1. The Kier molecular flexibility index (Phi) is 4.58. The van der Waals surface area contributed by atoms with Gasteiger partial charge in [-0.1, -0.05) is 46.3 Å². The molecular formula is C15H13BrO3. The summed E-state index contributed by atoms with van der Waals surface area (Å²) in [5, 5.41) is 9.23. The molecule has 2 aromatic carbocycles. The van der Waals surface area contributed by atoms with Crippen molar-refractivity contribution in [2.75, 3.05) is 0 Å². The van der Waals surface area contributed by atoms with Gasteiger partial charge in [-0.2, -0.15) is 0 Å². The SMILES string of the molecule is O=C(O)[C@H](Cc1cccc(Br)c1)Oc1ccccc1. The third-order valence-corrected chi connectivity index (χ3v) is 3.10. The Labute approximate surface area is 120 Å². The number of rotatable bonds is 5. The number of aliphatic carboxylic acids is 1. The van der Waals surface area contributed by atoms with E-state index in [1.165, 1.54) is 0 Å². The molecule has 0 saturated heterocycles. The number of halogens is 1. The van der Waals surface area contributed by atoms with Crippen LogP contribution in [0.5, 0.6) is 5.75 Å². The first-order valence-electron chi connectivity index (χ1n) is 5.84. The van der Waals surface area contributed by atoms with E-state index in [9.17, 15) is 9.90 Å². The monoisotopic (exact) mass is 320 g/mol. The first kappa shape index (κ1) is 13.6. The van der Waals surface area contributed by atoms with Gasteiger partial charge in [0.05, 0.1) is 0 Å². The van der Waals surface area contributed by atoms with Gasteiger partial charge >= 0.3 is 5.97 Å². The molecule has 0 aromatic heterocycles. The lowest BCUT2D eigenvalue weighted by atomic mass is 10.1. The summed E-state index contributed by atoms with van der Waals surface area (Å²) < 4.78 is 6.43. The zero-order valence-electron chi connectivity index (χ0n) is 10.1. The average Bonchev–Trinajstić information content (AvgIpc) is 2.39. The number of carboxylic acids is 1. The molecule has 2 rings (SSSR count). The van der Waals surface area contributed by atoms with Crippen LogP contribution in [0.3, 0.4) is 0 Å². The number of benzene rings is 2. The maximum Gasteiger partial charge on any atom is 0.345 e. The summed E-state index contributed by atoms with van der Waals surface area (Å²) in [6, 6.07) is 16.5. The van der Waals surface area contributed by atoms with Gasteiger partial charge in [0.15, 0.2) is 6.10 Å². The highest BCUT2D eigenvalue weighted by Crippen LogP contribution is 2.17. The highest BCUT2D eigenvalue weighted by Gasteiger charge is 2.20. The van der Waals surface area contributed by atoms with Crippen molar-refractivity contribution < 1.29 is 14.6 Å². The molecule has 0 aliphatic heterocycles. The number of para-hydroxylation sites is 1. The fraction of sp³-hybridized carbons (Fsp3) is 0.133. The molecule has 0 radical (unpaired) electrons. The molecule has 2 aromatic rings. The van der Waals surface area contributed by atoms with E-state index in [-0.39, 0.29) is 0 Å². The molecule has 1 N–H and O–H groups in total. The summed E-state index contributed by atoms with van der Waals surface area (Å²) in [6.07, 6.45) is -0.569. The largest absolute Gasteiger partial charge is 0.478 e. The standard InChI is InChI=1S/C15H13BrO3/c16-12-6-4-5-11(9-12)10-14(15(17)18)19-13-7-2-1-3-8-13/h1-9,14H,10H2,(H,17,18)/t14-/m0/s1. The van der Waals surface area contributed by atoms with Crippen LogP contribution in [0, 0.1) is 0 Å². The molecule has 0 aliphatic rings. The van der Waals surface area contributed by atoms with Crippen molar-refractivity contribution in [3.8, 4) is 5.75 Å². The average molecular weight is 321 g/mol. The lowest BCUT2D eigenvalue weighted by molar-refractivity contribution is -0.145. The minimum Gasteiger partial charge on any atom is -0.478 e. The van der Waals surface area contributed by atoms with E-state index >= 15 is 0 Å². The summed E-state index contributed by atoms with van der Waals surface area (Å²) in [7, 11) is 0. The number of carbonyl (C=O) groups is 1. The van der Waals surface area contributed by atoms with Crippen molar-refractivity contribution in [2.45, 2.75) is 12.5 Å². The van der Waals surface area contributed by atoms with Crippen molar-refractivity contribution in [1.29, 1.82) is 0 Å². The normalized spacial score (nSPS) is 11.8. The second-order valence-electron chi connectivity index (χ2n) is 4.09. The Hall–Kier alpha value is -1.81. The molecule has 0 bridgehead atoms. The van der Waals surface area contributed by atoms with Crippen LogP contribution < -0.4 is 4.74 Å². The quantitative estimate of drug-likeness (QED) is 0.916. The first-order chi connectivity index (χ1) is 9.15. The fourth-order valence-corrected chi connectivity index (χ4v) is 2.17. The highest BCUT2D eigenvalue weighted by atomic mass is 79.9. The van der Waals surface area contributed by atoms with Crippen molar-refractivity contribution in [3.05, 3.63) is 64.6 Å². The second kappa shape index (κ2) is 6.38. The third-order valence-electron chi connectivity index (χ3n) is 2.61. The van der Waals surface area contributed by atoms with Gasteiger partial charge in [0.25, 0.3) is 0 Å². The summed E-state index contributed by atoms with van der Waals surface area (Å²) in [6.45, 7) is 0. The molecule has 98 valence electrons. The molecule has 0 heterocycles. The zero-order valence-corrected chi connectivity index (χ0v) is 11.7. The third kappa shape index (κ3) is 4.10. The van der Waals surface area contributed by atoms with Crippen molar-refractivity contribution in [2.24, 2.45) is 0 Å². The van der Waals surface area contributed by atoms with Gasteiger partial charge in [0.1, 0.15) is 5.75 Å². The molecule has 1 atom stereocenters. The maximum atomic E-state index is 11.3. The number of hydrogen-bond donors (Lipinski definition) is 1. The van der Waals surface area contributed by atoms with Crippen molar-refractivity contribution in [1.82, 2.24) is 0 Å². The van der Waals surface area contributed by atoms with E-state index in [1.54, 1.807) is 12.1 Å². The van der Waals surface area contributed by atoms with Crippen LogP contribution in [-0.2, 0) is 11.2 Å². The van der Waals surface area contributed by atoms with Gasteiger partial charge < -0.3 is 9.84 Å². The first-order valence-corrected chi connectivity index (χ1v) is 6.63. The maximum absolute atomic E-state index is 11.3. The van der Waals surface area contributed by atoms with E-state index in [0.717, 1.165) is 10.0 Å². The molecule has 0 fully saturated rings. The second-order valence-corrected chi connectivity index (χ2v) is 5.01. The van der Waals surface area contributed by atoms with Crippen LogP contribution in [0.15, 0.2) is 59.1 Å². The van der Waals surface area contributed by atoms with Crippen LogP contribution in [0.1, 0.15) is 5.56 Å². The van der Waals surface area contributed by atoms with Gasteiger partial charge in [-0.05, 0) is 29.8 Å². The summed E-state index contributed by atoms with van der Waals surface area (Å²) >= 11 is 3.37. The van der Waals surface area contributed by atoms with Gasteiger partial charge in [-0.15, -0.1) is 0 Å². The zero-order chi connectivity index (χ0) is 13.7. The molecule has 0 spiro atoms. The van der Waals surface area contributed by atoms with Crippen molar-refractivity contribution >= 4 is 21.9 Å². The summed E-state index contributed by atoms with van der Waals surface area (Å²) in [5.41, 5.74) is 0.915. The minimum absolute atomic E-state index is 0.323. The lowest BCUT2D eigenvalue weighted by Crippen LogP contribution is -2.29. The Balaban J connectivity index is 2.11. The van der Waals surface area contributed by atoms with E-state index in [4.69, 9.17) is 4.74 Å². The molecule has 3 nitrogen and oxygen atoms in total. The van der Waals surface area contributed by atoms with E-state index in [0.29, 0.717) is 12.2 Å². The van der Waals surface area contributed by atoms with Gasteiger partial charge in [-0.25, -0.2) is 4.79 Å².